The van der Waals surface area contributed by atoms with Crippen LogP contribution in [-0.4, -0.2) is 37.0 Å². The van der Waals surface area contributed by atoms with E-state index in [0.717, 1.165) is 25.2 Å². The fourth-order valence-electron chi connectivity index (χ4n) is 2.88. The van der Waals surface area contributed by atoms with Crippen molar-refractivity contribution >= 4 is 5.91 Å². The zero-order valence-corrected chi connectivity index (χ0v) is 10.1. The van der Waals surface area contributed by atoms with Gasteiger partial charge in [0.15, 0.2) is 17.5 Å². The number of fused-ring (bicyclic) bond motifs is 1. The van der Waals surface area contributed by atoms with E-state index in [1.54, 1.807) is 4.90 Å². The number of benzene rings is 1. The number of carbonyl (C=O) groups excluding carboxylic acids is 1. The van der Waals surface area contributed by atoms with Crippen LogP contribution in [0.4, 0.5) is 13.2 Å². The number of halogens is 3. The van der Waals surface area contributed by atoms with Crippen LogP contribution in [0.2, 0.25) is 0 Å². The molecule has 2 heterocycles. The van der Waals surface area contributed by atoms with Gasteiger partial charge in [-0.15, -0.1) is 0 Å². The average molecular weight is 270 g/mol. The minimum atomic E-state index is -1.54. The molecule has 1 N–H and O–H groups in total. The van der Waals surface area contributed by atoms with Crippen LogP contribution in [0.1, 0.15) is 10.4 Å². The standard InChI is InChI=1S/C13H13F3N2O/c14-10-1-7(2-11(15)12(10)16)13(19)18-5-8-3-17-4-9(8)6-18/h1-2,8-9,17H,3-6H2. The van der Waals surface area contributed by atoms with E-state index >= 15 is 0 Å². The summed E-state index contributed by atoms with van der Waals surface area (Å²) in [6.45, 7) is 2.88. The van der Waals surface area contributed by atoms with Crippen LogP contribution in [-0.2, 0) is 0 Å². The quantitative estimate of drug-likeness (QED) is 0.782. The lowest BCUT2D eigenvalue weighted by molar-refractivity contribution is 0.0780. The molecule has 2 aliphatic heterocycles. The monoisotopic (exact) mass is 270 g/mol. The lowest BCUT2D eigenvalue weighted by Gasteiger charge is -2.17. The van der Waals surface area contributed by atoms with Gasteiger partial charge in [-0.2, -0.15) is 0 Å². The van der Waals surface area contributed by atoms with Gasteiger partial charge < -0.3 is 10.2 Å². The molecule has 1 amide bonds. The number of hydrogen-bond acceptors (Lipinski definition) is 2. The lowest BCUT2D eigenvalue weighted by Crippen LogP contribution is -2.32. The molecule has 0 aliphatic carbocycles. The molecule has 2 unspecified atom stereocenters. The van der Waals surface area contributed by atoms with Crippen molar-refractivity contribution in [3.8, 4) is 0 Å². The molecule has 3 nitrogen and oxygen atoms in total. The summed E-state index contributed by atoms with van der Waals surface area (Å²) in [7, 11) is 0. The Morgan fingerprint density at radius 1 is 1.11 bits per heavy atom. The van der Waals surface area contributed by atoms with Crippen LogP contribution in [0, 0.1) is 29.3 Å². The highest BCUT2D eigenvalue weighted by Gasteiger charge is 2.38. The second-order valence-electron chi connectivity index (χ2n) is 5.14. The lowest BCUT2D eigenvalue weighted by atomic mass is 10.0. The van der Waals surface area contributed by atoms with Gasteiger partial charge in [-0.05, 0) is 24.0 Å². The Hall–Kier alpha value is -1.56. The first-order valence-electron chi connectivity index (χ1n) is 6.21. The topological polar surface area (TPSA) is 32.3 Å². The summed E-state index contributed by atoms with van der Waals surface area (Å²) in [5.74, 6) is -3.83. The largest absolute Gasteiger partial charge is 0.338 e. The molecule has 2 fully saturated rings. The molecule has 0 aromatic heterocycles. The van der Waals surface area contributed by atoms with Crippen LogP contribution in [0.25, 0.3) is 0 Å². The van der Waals surface area contributed by atoms with Gasteiger partial charge in [-0.3, -0.25) is 4.79 Å². The van der Waals surface area contributed by atoms with Crippen molar-refractivity contribution in [3.05, 3.63) is 35.1 Å². The highest BCUT2D eigenvalue weighted by molar-refractivity contribution is 5.94. The molecule has 0 bridgehead atoms. The first-order valence-corrected chi connectivity index (χ1v) is 6.21. The molecule has 102 valence electrons. The number of nitrogens with zero attached hydrogens (tertiary/aromatic N) is 1. The zero-order chi connectivity index (χ0) is 13.6. The first kappa shape index (κ1) is 12.5. The summed E-state index contributed by atoms with van der Waals surface area (Å²) in [6.07, 6.45) is 0. The SMILES string of the molecule is O=C(c1cc(F)c(F)c(F)c1)N1CC2CNCC2C1. The normalized spacial score (nSPS) is 25.7. The van der Waals surface area contributed by atoms with Gasteiger partial charge in [0.1, 0.15) is 0 Å². The third kappa shape index (κ3) is 2.10. The van der Waals surface area contributed by atoms with Gasteiger partial charge in [0.05, 0.1) is 0 Å². The predicted molar refractivity (Wildman–Crippen MR) is 62.1 cm³/mol. The maximum absolute atomic E-state index is 13.1. The second kappa shape index (κ2) is 4.52. The third-order valence-electron chi connectivity index (χ3n) is 3.91. The van der Waals surface area contributed by atoms with E-state index in [4.69, 9.17) is 0 Å². The fourth-order valence-corrected chi connectivity index (χ4v) is 2.88. The van der Waals surface area contributed by atoms with E-state index in [1.165, 1.54) is 0 Å². The number of likely N-dealkylation sites (tertiary alicyclic amines) is 1. The van der Waals surface area contributed by atoms with Gasteiger partial charge in [-0.25, -0.2) is 13.2 Å². The number of amides is 1. The fraction of sp³-hybridized carbons (Fsp3) is 0.462. The molecular formula is C13H13F3N2O. The van der Waals surface area contributed by atoms with Crippen LogP contribution in [0.3, 0.4) is 0 Å². The molecule has 2 saturated heterocycles. The highest BCUT2D eigenvalue weighted by Crippen LogP contribution is 2.27. The predicted octanol–water partition coefficient (Wildman–Crippen LogP) is 1.40. The first-order chi connectivity index (χ1) is 9.06. The number of carbonyl (C=O) groups is 1. The van der Waals surface area contributed by atoms with Gasteiger partial charge in [0.25, 0.3) is 5.91 Å². The Labute approximate surface area is 108 Å². The zero-order valence-electron chi connectivity index (χ0n) is 10.1. The van der Waals surface area contributed by atoms with Crippen molar-refractivity contribution in [2.45, 2.75) is 0 Å². The Bertz CT molecular complexity index is 500. The summed E-state index contributed by atoms with van der Waals surface area (Å²) in [6, 6.07) is 1.51. The van der Waals surface area contributed by atoms with E-state index in [1.807, 2.05) is 0 Å². The van der Waals surface area contributed by atoms with Crippen molar-refractivity contribution < 1.29 is 18.0 Å². The summed E-state index contributed by atoms with van der Waals surface area (Å²) in [5, 5.41) is 3.24. The van der Waals surface area contributed by atoms with Gasteiger partial charge in [-0.1, -0.05) is 0 Å². The Morgan fingerprint density at radius 3 is 2.16 bits per heavy atom. The van der Waals surface area contributed by atoms with Gasteiger partial charge in [0, 0.05) is 31.7 Å². The molecule has 0 saturated carbocycles. The van der Waals surface area contributed by atoms with Crippen LogP contribution in [0.15, 0.2) is 12.1 Å². The average Bonchev–Trinajstić information content (AvgIpc) is 2.94. The molecule has 2 atom stereocenters. The Kier molecular flexibility index (Phi) is 2.97. The number of nitrogens with one attached hydrogen (secondary N) is 1. The minimum absolute atomic E-state index is 0.135. The van der Waals surface area contributed by atoms with Crippen molar-refractivity contribution in [3.63, 3.8) is 0 Å². The summed E-state index contributed by atoms with van der Waals surface area (Å²) in [5.41, 5.74) is -0.135. The van der Waals surface area contributed by atoms with Crippen LogP contribution in [0.5, 0.6) is 0 Å². The molecule has 3 rings (SSSR count). The highest BCUT2D eigenvalue weighted by atomic mass is 19.2. The van der Waals surface area contributed by atoms with Crippen LogP contribution < -0.4 is 5.32 Å². The molecular weight excluding hydrogens is 257 g/mol. The molecule has 6 heteroatoms. The molecule has 0 radical (unpaired) electrons. The van der Waals surface area contributed by atoms with Gasteiger partial charge in [0.2, 0.25) is 0 Å². The van der Waals surface area contributed by atoms with E-state index in [0.29, 0.717) is 24.9 Å². The van der Waals surface area contributed by atoms with Crippen molar-refractivity contribution in [1.82, 2.24) is 10.2 Å². The maximum Gasteiger partial charge on any atom is 0.254 e. The van der Waals surface area contributed by atoms with E-state index in [2.05, 4.69) is 5.32 Å². The third-order valence-corrected chi connectivity index (χ3v) is 3.91. The van der Waals surface area contributed by atoms with E-state index < -0.39 is 23.4 Å². The Balaban J connectivity index is 1.81. The number of hydrogen-bond donors (Lipinski definition) is 1. The summed E-state index contributed by atoms with van der Waals surface area (Å²) in [4.78, 5) is 13.7. The molecule has 1 aromatic rings. The number of rotatable bonds is 1. The Morgan fingerprint density at radius 2 is 1.63 bits per heavy atom. The molecule has 2 aliphatic rings. The van der Waals surface area contributed by atoms with Crippen molar-refractivity contribution in [1.29, 1.82) is 0 Å². The van der Waals surface area contributed by atoms with E-state index in [9.17, 15) is 18.0 Å². The molecule has 19 heavy (non-hydrogen) atoms. The second-order valence-corrected chi connectivity index (χ2v) is 5.14. The summed E-state index contributed by atoms with van der Waals surface area (Å²) < 4.78 is 39.1. The molecule has 1 aromatic carbocycles. The minimum Gasteiger partial charge on any atom is -0.338 e. The maximum atomic E-state index is 13.1. The van der Waals surface area contributed by atoms with Crippen LogP contribution >= 0.6 is 0 Å². The van der Waals surface area contributed by atoms with Crippen molar-refractivity contribution in [2.24, 2.45) is 11.8 Å². The van der Waals surface area contributed by atoms with Gasteiger partial charge >= 0.3 is 0 Å². The smallest absolute Gasteiger partial charge is 0.254 e. The van der Waals surface area contributed by atoms with Crippen molar-refractivity contribution in [2.75, 3.05) is 26.2 Å². The van der Waals surface area contributed by atoms with E-state index in [-0.39, 0.29) is 5.56 Å². The molecule has 0 spiro atoms. The summed E-state index contributed by atoms with van der Waals surface area (Å²) >= 11 is 0.